The molecule has 0 radical (unpaired) electrons. The first kappa shape index (κ1) is 13.3. The van der Waals surface area contributed by atoms with Crippen LogP contribution >= 0.6 is 0 Å². The zero-order valence-corrected chi connectivity index (χ0v) is 12.2. The van der Waals surface area contributed by atoms with E-state index in [1.54, 1.807) is 0 Å². The molecule has 20 heavy (non-hydrogen) atoms. The highest BCUT2D eigenvalue weighted by atomic mass is 16.3. The number of hydrogen-bond acceptors (Lipinski definition) is 4. The van der Waals surface area contributed by atoms with Gasteiger partial charge in [-0.1, -0.05) is 5.21 Å². The van der Waals surface area contributed by atoms with Gasteiger partial charge < -0.3 is 5.11 Å². The molecule has 2 heterocycles. The number of aliphatic hydroxyl groups excluding tert-OH is 1. The Morgan fingerprint density at radius 3 is 2.90 bits per heavy atom. The predicted octanol–water partition coefficient (Wildman–Crippen LogP) is 1.13. The van der Waals surface area contributed by atoms with E-state index in [1.807, 2.05) is 21.8 Å². The van der Waals surface area contributed by atoms with Gasteiger partial charge in [0.2, 0.25) is 0 Å². The van der Waals surface area contributed by atoms with Crippen LogP contribution in [0.25, 0.3) is 0 Å². The van der Waals surface area contributed by atoms with Crippen molar-refractivity contribution in [3.8, 4) is 0 Å². The van der Waals surface area contributed by atoms with Crippen molar-refractivity contribution in [1.29, 1.82) is 0 Å². The lowest BCUT2D eigenvalue weighted by Gasteiger charge is -2.18. The van der Waals surface area contributed by atoms with E-state index < -0.39 is 0 Å². The smallest absolute Gasteiger partial charge is 0.104 e. The van der Waals surface area contributed by atoms with Crippen molar-refractivity contribution in [1.82, 2.24) is 24.8 Å². The Morgan fingerprint density at radius 2 is 2.20 bits per heavy atom. The molecule has 2 aromatic heterocycles. The maximum absolute atomic E-state index is 9.80. The van der Waals surface area contributed by atoms with Crippen molar-refractivity contribution >= 4 is 0 Å². The van der Waals surface area contributed by atoms with Crippen LogP contribution in [0.5, 0.6) is 0 Å². The van der Waals surface area contributed by atoms with Crippen LogP contribution in [0, 0.1) is 0 Å². The van der Waals surface area contributed by atoms with Gasteiger partial charge >= 0.3 is 0 Å². The van der Waals surface area contributed by atoms with Crippen LogP contribution in [0.2, 0.25) is 0 Å². The fourth-order valence-electron chi connectivity index (χ4n) is 2.53. The largest absolute Gasteiger partial charge is 0.393 e. The van der Waals surface area contributed by atoms with Crippen LogP contribution < -0.4 is 0 Å². The molecule has 0 fully saturated rings. The molecule has 1 N–H and O–H groups in total. The molecule has 1 atom stereocenters. The fourth-order valence-corrected chi connectivity index (χ4v) is 2.53. The molecule has 2 aromatic rings. The Hall–Kier alpha value is -1.69. The molecule has 1 unspecified atom stereocenters. The Bertz CT molecular complexity index is 607. The molecule has 1 aliphatic carbocycles. The molecule has 3 rings (SSSR count). The SMILES string of the molecule is CC(C)(C)n1cc(Cn2ncc3c2CC(O)CC3)nn1. The van der Waals surface area contributed by atoms with Gasteiger partial charge in [0.1, 0.15) is 5.69 Å². The van der Waals surface area contributed by atoms with Gasteiger partial charge in [0.25, 0.3) is 0 Å². The van der Waals surface area contributed by atoms with Crippen molar-refractivity contribution in [2.24, 2.45) is 0 Å². The molecule has 0 aliphatic heterocycles. The van der Waals surface area contributed by atoms with E-state index in [9.17, 15) is 5.11 Å². The van der Waals surface area contributed by atoms with E-state index in [4.69, 9.17) is 0 Å². The van der Waals surface area contributed by atoms with E-state index in [2.05, 4.69) is 36.2 Å². The number of aromatic nitrogens is 5. The van der Waals surface area contributed by atoms with Crippen molar-refractivity contribution in [2.45, 2.75) is 58.2 Å². The molecule has 0 amide bonds. The summed E-state index contributed by atoms with van der Waals surface area (Å²) in [7, 11) is 0. The normalized spacial score (nSPS) is 19.1. The van der Waals surface area contributed by atoms with Gasteiger partial charge in [-0.25, -0.2) is 4.68 Å². The first-order chi connectivity index (χ1) is 9.43. The number of nitrogens with zero attached hydrogens (tertiary/aromatic N) is 5. The first-order valence-electron chi connectivity index (χ1n) is 7.07. The average Bonchev–Trinajstić information content (AvgIpc) is 2.97. The maximum Gasteiger partial charge on any atom is 0.104 e. The van der Waals surface area contributed by atoms with Crippen molar-refractivity contribution in [3.05, 3.63) is 29.3 Å². The minimum absolute atomic E-state index is 0.0645. The summed E-state index contributed by atoms with van der Waals surface area (Å²) >= 11 is 0. The standard InChI is InChI=1S/C14H21N5O/c1-14(2,3)19-9-11(16-17-19)8-18-13-6-12(20)5-4-10(13)7-15-18/h7,9,12,20H,4-6,8H2,1-3H3. The molecule has 0 aromatic carbocycles. The van der Waals surface area contributed by atoms with E-state index >= 15 is 0 Å². The molecule has 6 nitrogen and oxygen atoms in total. The number of aryl methyl sites for hydroxylation is 1. The van der Waals surface area contributed by atoms with Crippen LogP contribution in [0.1, 0.15) is 44.1 Å². The van der Waals surface area contributed by atoms with Gasteiger partial charge in [0, 0.05) is 12.1 Å². The predicted molar refractivity (Wildman–Crippen MR) is 74.4 cm³/mol. The topological polar surface area (TPSA) is 68.8 Å². The highest BCUT2D eigenvalue weighted by Crippen LogP contribution is 2.22. The average molecular weight is 275 g/mol. The Balaban J connectivity index is 1.82. The van der Waals surface area contributed by atoms with E-state index in [0.29, 0.717) is 13.0 Å². The lowest BCUT2D eigenvalue weighted by atomic mass is 9.96. The molecule has 0 saturated heterocycles. The van der Waals surface area contributed by atoms with Gasteiger partial charge in [-0.05, 0) is 39.2 Å². The first-order valence-corrected chi connectivity index (χ1v) is 7.07. The summed E-state index contributed by atoms with van der Waals surface area (Å²) in [6, 6.07) is 0. The Morgan fingerprint density at radius 1 is 1.40 bits per heavy atom. The van der Waals surface area contributed by atoms with Crippen LogP contribution in [0.4, 0.5) is 0 Å². The summed E-state index contributed by atoms with van der Waals surface area (Å²) in [5, 5.41) is 22.6. The second-order valence-electron chi connectivity index (χ2n) is 6.50. The quantitative estimate of drug-likeness (QED) is 0.892. The van der Waals surface area contributed by atoms with Crippen molar-refractivity contribution < 1.29 is 5.11 Å². The van der Waals surface area contributed by atoms with Crippen molar-refractivity contribution in [2.75, 3.05) is 0 Å². The van der Waals surface area contributed by atoms with Gasteiger partial charge in [0.15, 0.2) is 0 Å². The molecule has 1 aliphatic rings. The summed E-state index contributed by atoms with van der Waals surface area (Å²) in [5.74, 6) is 0. The third kappa shape index (κ3) is 2.47. The number of rotatable bonds is 2. The molecule has 0 bridgehead atoms. The fraction of sp³-hybridized carbons (Fsp3) is 0.643. The third-order valence-electron chi connectivity index (χ3n) is 3.75. The van der Waals surface area contributed by atoms with Crippen LogP contribution in [-0.2, 0) is 24.9 Å². The molecule has 6 heteroatoms. The molecular weight excluding hydrogens is 254 g/mol. The van der Waals surface area contributed by atoms with Crippen LogP contribution in [0.15, 0.2) is 12.4 Å². The van der Waals surface area contributed by atoms with Crippen molar-refractivity contribution in [3.63, 3.8) is 0 Å². The van der Waals surface area contributed by atoms with E-state index in [0.717, 1.165) is 24.2 Å². The zero-order chi connectivity index (χ0) is 14.3. The molecule has 0 saturated carbocycles. The summed E-state index contributed by atoms with van der Waals surface area (Å²) in [4.78, 5) is 0. The monoisotopic (exact) mass is 275 g/mol. The van der Waals surface area contributed by atoms with Gasteiger partial charge in [0.05, 0.1) is 30.6 Å². The van der Waals surface area contributed by atoms with Gasteiger partial charge in [-0.2, -0.15) is 5.10 Å². The second kappa shape index (κ2) is 4.70. The highest BCUT2D eigenvalue weighted by Gasteiger charge is 2.22. The minimum Gasteiger partial charge on any atom is -0.393 e. The molecule has 108 valence electrons. The van der Waals surface area contributed by atoms with E-state index in [-0.39, 0.29) is 11.6 Å². The lowest BCUT2D eigenvalue weighted by molar-refractivity contribution is 0.155. The number of hydrogen-bond donors (Lipinski definition) is 1. The third-order valence-corrected chi connectivity index (χ3v) is 3.75. The van der Waals surface area contributed by atoms with Gasteiger partial charge in [-0.15, -0.1) is 5.10 Å². The summed E-state index contributed by atoms with van der Waals surface area (Å²) in [5.41, 5.74) is 3.21. The number of fused-ring (bicyclic) bond motifs is 1. The summed E-state index contributed by atoms with van der Waals surface area (Å²) in [6.45, 7) is 6.89. The van der Waals surface area contributed by atoms with Crippen LogP contribution in [0.3, 0.4) is 0 Å². The van der Waals surface area contributed by atoms with Gasteiger partial charge in [-0.3, -0.25) is 4.68 Å². The second-order valence-corrected chi connectivity index (χ2v) is 6.50. The Labute approximate surface area is 118 Å². The summed E-state index contributed by atoms with van der Waals surface area (Å²) < 4.78 is 3.81. The zero-order valence-electron chi connectivity index (χ0n) is 12.2. The molecular formula is C14H21N5O. The molecule has 0 spiro atoms. The van der Waals surface area contributed by atoms with Crippen LogP contribution in [-0.4, -0.2) is 36.0 Å². The van der Waals surface area contributed by atoms with E-state index in [1.165, 1.54) is 5.56 Å². The Kier molecular flexibility index (Phi) is 3.12. The highest BCUT2D eigenvalue weighted by molar-refractivity contribution is 5.22. The summed E-state index contributed by atoms with van der Waals surface area (Å²) in [6.07, 6.45) is 6.05. The number of aliphatic hydroxyl groups is 1. The minimum atomic E-state index is -0.247. The maximum atomic E-state index is 9.80. The lowest BCUT2D eigenvalue weighted by Crippen LogP contribution is -2.22.